The van der Waals surface area contributed by atoms with Gasteiger partial charge in [0.15, 0.2) is 0 Å². The maximum atomic E-state index is 11.8. The predicted octanol–water partition coefficient (Wildman–Crippen LogP) is 0.793. The highest BCUT2D eigenvalue weighted by molar-refractivity contribution is 5.95. The molecule has 1 aliphatic rings. The van der Waals surface area contributed by atoms with Crippen molar-refractivity contribution < 1.29 is 14.3 Å². The van der Waals surface area contributed by atoms with Gasteiger partial charge in [-0.2, -0.15) is 0 Å². The molecular formula is C16H23N3O3. The zero-order valence-electron chi connectivity index (χ0n) is 12.9. The fraction of sp³-hybridized carbons (Fsp3) is 0.500. The monoisotopic (exact) mass is 305 g/mol. The fourth-order valence-corrected chi connectivity index (χ4v) is 2.46. The van der Waals surface area contributed by atoms with E-state index in [4.69, 9.17) is 10.5 Å². The Morgan fingerprint density at radius 1 is 1.41 bits per heavy atom. The van der Waals surface area contributed by atoms with Gasteiger partial charge in [0.25, 0.3) is 0 Å². The summed E-state index contributed by atoms with van der Waals surface area (Å²) in [6.07, 6.45) is 1.55. The standard InChI is InChI=1S/C16H23N3O3/c1-22-14(10-17)9-15(20)18-11-12-4-6-13(7-5-12)19-8-2-3-16(19)21/h4-7,14H,2-3,8-11,17H2,1H3,(H,18,20). The topological polar surface area (TPSA) is 84.7 Å². The van der Waals surface area contributed by atoms with E-state index in [1.807, 2.05) is 24.3 Å². The van der Waals surface area contributed by atoms with Gasteiger partial charge in [-0.15, -0.1) is 0 Å². The zero-order chi connectivity index (χ0) is 15.9. The first kappa shape index (κ1) is 16.5. The molecule has 1 aliphatic heterocycles. The second-order valence-corrected chi connectivity index (χ2v) is 5.39. The van der Waals surface area contributed by atoms with Crippen LogP contribution >= 0.6 is 0 Å². The van der Waals surface area contributed by atoms with E-state index in [0.717, 1.165) is 24.2 Å². The van der Waals surface area contributed by atoms with E-state index in [2.05, 4.69) is 5.32 Å². The number of nitrogens with one attached hydrogen (secondary N) is 1. The van der Waals surface area contributed by atoms with E-state index in [1.165, 1.54) is 0 Å². The summed E-state index contributed by atoms with van der Waals surface area (Å²) in [4.78, 5) is 25.2. The summed E-state index contributed by atoms with van der Waals surface area (Å²) in [5, 5.41) is 2.84. The van der Waals surface area contributed by atoms with Crippen molar-refractivity contribution in [2.45, 2.75) is 31.9 Å². The molecule has 1 aromatic carbocycles. The van der Waals surface area contributed by atoms with E-state index in [-0.39, 0.29) is 24.3 Å². The average Bonchev–Trinajstić information content (AvgIpc) is 2.97. The van der Waals surface area contributed by atoms with Crippen LogP contribution in [0.4, 0.5) is 5.69 Å². The molecule has 3 N–H and O–H groups in total. The van der Waals surface area contributed by atoms with Crippen LogP contribution in [-0.2, 0) is 20.9 Å². The number of carbonyl (C=O) groups excluding carboxylic acids is 2. The summed E-state index contributed by atoms with van der Waals surface area (Å²) in [6.45, 7) is 1.56. The number of amides is 2. The molecule has 1 heterocycles. The Hall–Kier alpha value is -1.92. The molecule has 2 rings (SSSR count). The minimum Gasteiger partial charge on any atom is -0.380 e. The van der Waals surface area contributed by atoms with Crippen molar-refractivity contribution in [3.63, 3.8) is 0 Å². The molecule has 1 aromatic rings. The Labute approximate surface area is 130 Å². The fourth-order valence-electron chi connectivity index (χ4n) is 2.46. The minimum atomic E-state index is -0.247. The number of hydrogen-bond acceptors (Lipinski definition) is 4. The van der Waals surface area contributed by atoms with Crippen LogP contribution in [0.5, 0.6) is 0 Å². The van der Waals surface area contributed by atoms with Crippen LogP contribution in [0.25, 0.3) is 0 Å². The molecule has 0 radical (unpaired) electrons. The highest BCUT2D eigenvalue weighted by Gasteiger charge is 2.21. The quantitative estimate of drug-likeness (QED) is 0.780. The van der Waals surface area contributed by atoms with E-state index in [1.54, 1.807) is 12.0 Å². The van der Waals surface area contributed by atoms with Crippen molar-refractivity contribution in [1.29, 1.82) is 0 Å². The Morgan fingerprint density at radius 2 is 2.14 bits per heavy atom. The highest BCUT2D eigenvalue weighted by Crippen LogP contribution is 2.21. The molecule has 6 nitrogen and oxygen atoms in total. The molecule has 22 heavy (non-hydrogen) atoms. The molecule has 1 fully saturated rings. The number of carbonyl (C=O) groups is 2. The molecule has 1 atom stereocenters. The van der Waals surface area contributed by atoms with E-state index in [0.29, 0.717) is 19.5 Å². The summed E-state index contributed by atoms with van der Waals surface area (Å²) in [5.41, 5.74) is 7.40. The van der Waals surface area contributed by atoms with Gasteiger partial charge in [0.1, 0.15) is 0 Å². The molecule has 0 saturated carbocycles. The van der Waals surface area contributed by atoms with Crippen LogP contribution in [0, 0.1) is 0 Å². The molecule has 0 aromatic heterocycles. The molecule has 1 unspecified atom stereocenters. The largest absolute Gasteiger partial charge is 0.380 e. The second-order valence-electron chi connectivity index (χ2n) is 5.39. The molecule has 6 heteroatoms. The van der Waals surface area contributed by atoms with Crippen molar-refractivity contribution in [2.24, 2.45) is 5.73 Å². The number of benzene rings is 1. The van der Waals surface area contributed by atoms with Gasteiger partial charge in [0.05, 0.1) is 12.5 Å². The van der Waals surface area contributed by atoms with Crippen LogP contribution < -0.4 is 16.0 Å². The maximum absolute atomic E-state index is 11.8. The number of anilines is 1. The number of hydrogen-bond donors (Lipinski definition) is 2. The normalized spacial score (nSPS) is 15.9. The van der Waals surface area contributed by atoms with Crippen molar-refractivity contribution in [3.05, 3.63) is 29.8 Å². The summed E-state index contributed by atoms with van der Waals surface area (Å²) < 4.78 is 5.08. The lowest BCUT2D eigenvalue weighted by Crippen LogP contribution is -2.31. The van der Waals surface area contributed by atoms with Crippen molar-refractivity contribution in [3.8, 4) is 0 Å². The Bertz CT molecular complexity index is 512. The number of methoxy groups -OCH3 is 1. The van der Waals surface area contributed by atoms with E-state index < -0.39 is 0 Å². The SMILES string of the molecule is COC(CN)CC(=O)NCc1ccc(N2CCCC2=O)cc1. The minimum absolute atomic E-state index is 0.0869. The third-order valence-electron chi connectivity index (χ3n) is 3.82. The van der Waals surface area contributed by atoms with Gasteiger partial charge in [0, 0.05) is 38.9 Å². The molecule has 1 saturated heterocycles. The first-order chi connectivity index (χ1) is 10.6. The number of rotatable bonds is 7. The van der Waals surface area contributed by atoms with Crippen molar-refractivity contribution >= 4 is 17.5 Å². The van der Waals surface area contributed by atoms with Crippen molar-refractivity contribution in [2.75, 3.05) is 25.1 Å². The summed E-state index contributed by atoms with van der Waals surface area (Å²) in [6, 6.07) is 7.70. The first-order valence-electron chi connectivity index (χ1n) is 7.53. The van der Waals surface area contributed by atoms with Gasteiger partial charge < -0.3 is 20.7 Å². The number of nitrogens with zero attached hydrogens (tertiary/aromatic N) is 1. The molecule has 120 valence electrons. The molecule has 0 bridgehead atoms. The van der Waals surface area contributed by atoms with Crippen LogP contribution in [0.2, 0.25) is 0 Å². The van der Waals surface area contributed by atoms with E-state index >= 15 is 0 Å². The van der Waals surface area contributed by atoms with Gasteiger partial charge in [-0.25, -0.2) is 0 Å². The molecule has 2 amide bonds. The van der Waals surface area contributed by atoms with Gasteiger partial charge in [-0.3, -0.25) is 9.59 Å². The average molecular weight is 305 g/mol. The predicted molar refractivity (Wildman–Crippen MR) is 84.3 cm³/mol. The third-order valence-corrected chi connectivity index (χ3v) is 3.82. The summed E-state index contributed by atoms with van der Waals surface area (Å²) in [7, 11) is 1.54. The molecule has 0 aliphatic carbocycles. The Morgan fingerprint density at radius 3 is 2.68 bits per heavy atom. The molecule has 0 spiro atoms. The summed E-state index contributed by atoms with van der Waals surface area (Å²) >= 11 is 0. The molecular weight excluding hydrogens is 282 g/mol. The lowest BCUT2D eigenvalue weighted by molar-refractivity contribution is -0.123. The number of nitrogens with two attached hydrogens (primary N) is 1. The number of ether oxygens (including phenoxy) is 1. The zero-order valence-corrected chi connectivity index (χ0v) is 12.9. The summed E-state index contributed by atoms with van der Waals surface area (Å²) in [5.74, 6) is 0.0875. The lowest BCUT2D eigenvalue weighted by atomic mass is 10.2. The maximum Gasteiger partial charge on any atom is 0.227 e. The van der Waals surface area contributed by atoms with Gasteiger partial charge in [-0.05, 0) is 24.1 Å². The van der Waals surface area contributed by atoms with Gasteiger partial charge in [-0.1, -0.05) is 12.1 Å². The van der Waals surface area contributed by atoms with Gasteiger partial charge in [0.2, 0.25) is 11.8 Å². The van der Waals surface area contributed by atoms with Crippen molar-refractivity contribution in [1.82, 2.24) is 5.32 Å². The van der Waals surface area contributed by atoms with Crippen LogP contribution in [0.3, 0.4) is 0 Å². The van der Waals surface area contributed by atoms with Crippen LogP contribution in [-0.4, -0.2) is 38.1 Å². The van der Waals surface area contributed by atoms with Crippen LogP contribution in [0.1, 0.15) is 24.8 Å². The first-order valence-corrected chi connectivity index (χ1v) is 7.53. The Balaban J connectivity index is 1.84. The van der Waals surface area contributed by atoms with Gasteiger partial charge >= 0.3 is 0 Å². The lowest BCUT2D eigenvalue weighted by Gasteiger charge is -2.16. The van der Waals surface area contributed by atoms with E-state index in [9.17, 15) is 9.59 Å². The Kier molecular flexibility index (Phi) is 5.91. The smallest absolute Gasteiger partial charge is 0.227 e. The van der Waals surface area contributed by atoms with Crippen LogP contribution in [0.15, 0.2) is 24.3 Å². The second kappa shape index (κ2) is 7.91. The highest BCUT2D eigenvalue weighted by atomic mass is 16.5. The third kappa shape index (κ3) is 4.29.